The fraction of sp³-hybridized carbons (Fsp3) is 0.600. The number of rotatable bonds is 3. The van der Waals surface area contributed by atoms with Gasteiger partial charge in [-0.2, -0.15) is 0 Å². The van der Waals surface area contributed by atoms with Crippen LogP contribution in [0, 0.1) is 0 Å². The number of halogens is 1. The predicted octanol–water partition coefficient (Wildman–Crippen LogP) is -1.04. The van der Waals surface area contributed by atoms with E-state index in [0.717, 1.165) is 0 Å². The maximum absolute atomic E-state index is 10.5. The molecule has 0 saturated heterocycles. The van der Waals surface area contributed by atoms with Crippen LogP contribution in [-0.4, -0.2) is 29.6 Å². The first-order valence-electron chi connectivity index (χ1n) is 2.79. The molecule has 0 unspecified atom stereocenters. The highest BCUT2D eigenvalue weighted by Gasteiger charge is 2.07. The molecule has 0 aromatic heterocycles. The summed E-state index contributed by atoms with van der Waals surface area (Å²) in [6.07, 6.45) is 0. The van der Waals surface area contributed by atoms with Crippen molar-refractivity contribution in [1.82, 2.24) is 5.32 Å². The van der Waals surface area contributed by atoms with Crippen LogP contribution < -0.4 is 11.1 Å². The van der Waals surface area contributed by atoms with Gasteiger partial charge in [0.2, 0.25) is 5.91 Å². The summed E-state index contributed by atoms with van der Waals surface area (Å²) >= 11 is 0. The van der Waals surface area contributed by atoms with Crippen LogP contribution in [0.5, 0.6) is 0 Å². The van der Waals surface area contributed by atoms with Crippen LogP contribution in [-0.2, 0) is 9.59 Å². The van der Waals surface area contributed by atoms with Gasteiger partial charge in [0.05, 0.1) is 6.04 Å². The molecule has 0 rings (SSSR count). The van der Waals surface area contributed by atoms with Crippen molar-refractivity contribution < 1.29 is 14.7 Å². The molecule has 0 aromatic carbocycles. The zero-order chi connectivity index (χ0) is 8.15. The van der Waals surface area contributed by atoms with E-state index < -0.39 is 17.9 Å². The van der Waals surface area contributed by atoms with Crippen molar-refractivity contribution in [3.8, 4) is 0 Å². The maximum atomic E-state index is 10.5. The summed E-state index contributed by atoms with van der Waals surface area (Å²) in [4.78, 5) is 20.4. The molecule has 0 spiro atoms. The van der Waals surface area contributed by atoms with E-state index in [-0.39, 0.29) is 19.0 Å². The quantitative estimate of drug-likeness (QED) is 0.520. The smallest absolute Gasteiger partial charge is 0.322 e. The van der Waals surface area contributed by atoms with Gasteiger partial charge in [0, 0.05) is 0 Å². The highest BCUT2D eigenvalue weighted by molar-refractivity contribution is 5.85. The highest BCUT2D eigenvalue weighted by atomic mass is 35.5. The normalized spacial score (nSPS) is 11.1. The number of hydrogen-bond donors (Lipinski definition) is 3. The third-order valence-electron chi connectivity index (χ3n) is 0.827. The molecule has 0 aliphatic rings. The number of carbonyl (C=O) groups is 2. The Morgan fingerprint density at radius 3 is 2.36 bits per heavy atom. The molecule has 4 N–H and O–H groups in total. The molecule has 6 heteroatoms. The van der Waals surface area contributed by atoms with E-state index in [1.807, 2.05) is 0 Å². The second-order valence-corrected chi connectivity index (χ2v) is 1.90. The molecule has 0 saturated carbocycles. The van der Waals surface area contributed by atoms with Gasteiger partial charge in [0.15, 0.2) is 0 Å². The molecule has 1 amide bonds. The van der Waals surface area contributed by atoms with Crippen molar-refractivity contribution in [2.24, 2.45) is 5.73 Å². The fourth-order valence-corrected chi connectivity index (χ4v) is 0.324. The summed E-state index contributed by atoms with van der Waals surface area (Å²) in [5.74, 6) is -1.53. The third kappa shape index (κ3) is 7.08. The number of aliphatic carboxylic acids is 1. The molecular weight excluding hydrogens is 172 g/mol. The first-order valence-corrected chi connectivity index (χ1v) is 2.79. The van der Waals surface area contributed by atoms with Crippen molar-refractivity contribution in [2.45, 2.75) is 13.0 Å². The number of amides is 1. The van der Waals surface area contributed by atoms with Crippen LogP contribution >= 0.6 is 12.4 Å². The first kappa shape index (κ1) is 12.8. The minimum atomic E-state index is -1.07. The lowest BCUT2D eigenvalue weighted by atomic mass is 10.3. The Labute approximate surface area is 70.4 Å². The van der Waals surface area contributed by atoms with E-state index >= 15 is 0 Å². The summed E-state index contributed by atoms with van der Waals surface area (Å²) < 4.78 is 0. The number of hydrogen-bond acceptors (Lipinski definition) is 3. The SMILES string of the molecule is C[C@@H](N)C(=O)NCC(=O)O.Cl. The fourth-order valence-electron chi connectivity index (χ4n) is 0.324. The van der Waals surface area contributed by atoms with Gasteiger partial charge in [-0.1, -0.05) is 0 Å². The Bertz CT molecular complexity index is 149. The summed E-state index contributed by atoms with van der Waals surface area (Å²) in [5, 5.41) is 10.2. The van der Waals surface area contributed by atoms with E-state index in [2.05, 4.69) is 5.32 Å². The van der Waals surface area contributed by atoms with Gasteiger partial charge in [-0.15, -0.1) is 12.4 Å². The molecule has 0 fully saturated rings. The molecular formula is C5H11ClN2O3. The maximum Gasteiger partial charge on any atom is 0.322 e. The van der Waals surface area contributed by atoms with E-state index in [4.69, 9.17) is 10.8 Å². The lowest BCUT2D eigenvalue weighted by Gasteiger charge is -2.03. The average molecular weight is 183 g/mol. The molecule has 1 atom stereocenters. The standard InChI is InChI=1S/C5H10N2O3.ClH/c1-3(6)5(10)7-2-4(8)9;/h3H,2,6H2,1H3,(H,7,10)(H,8,9);1H/t3-;/m1./s1. The minimum absolute atomic E-state index is 0. The van der Waals surface area contributed by atoms with Gasteiger partial charge in [-0.3, -0.25) is 9.59 Å². The zero-order valence-electron chi connectivity index (χ0n) is 6.03. The molecule has 0 aliphatic carbocycles. The lowest BCUT2D eigenvalue weighted by Crippen LogP contribution is -2.40. The molecule has 0 heterocycles. The molecule has 11 heavy (non-hydrogen) atoms. The number of carbonyl (C=O) groups excluding carboxylic acids is 1. The van der Waals surface area contributed by atoms with Crippen LogP contribution in [0.3, 0.4) is 0 Å². The molecule has 5 nitrogen and oxygen atoms in total. The molecule has 0 aliphatic heterocycles. The second kappa shape index (κ2) is 5.94. The number of carboxylic acid groups (broad SMARTS) is 1. The Morgan fingerprint density at radius 2 is 2.09 bits per heavy atom. The van der Waals surface area contributed by atoms with Gasteiger partial charge in [-0.05, 0) is 6.92 Å². The van der Waals surface area contributed by atoms with Crippen LogP contribution in [0.4, 0.5) is 0 Å². The van der Waals surface area contributed by atoms with E-state index in [0.29, 0.717) is 0 Å². The number of nitrogens with two attached hydrogens (primary N) is 1. The van der Waals surface area contributed by atoms with Crippen LogP contribution in [0.2, 0.25) is 0 Å². The van der Waals surface area contributed by atoms with Crippen molar-refractivity contribution in [3.63, 3.8) is 0 Å². The Hall–Kier alpha value is -0.810. The lowest BCUT2D eigenvalue weighted by molar-refractivity contribution is -0.138. The zero-order valence-corrected chi connectivity index (χ0v) is 6.85. The average Bonchev–Trinajstić information content (AvgIpc) is 1.82. The summed E-state index contributed by atoms with van der Waals surface area (Å²) in [5.41, 5.74) is 5.12. The summed E-state index contributed by atoms with van der Waals surface area (Å²) in [7, 11) is 0. The van der Waals surface area contributed by atoms with Crippen LogP contribution in [0.1, 0.15) is 6.92 Å². The van der Waals surface area contributed by atoms with Crippen molar-refractivity contribution in [3.05, 3.63) is 0 Å². The molecule has 0 radical (unpaired) electrons. The molecule has 0 aromatic rings. The van der Waals surface area contributed by atoms with E-state index in [1.54, 1.807) is 0 Å². The van der Waals surface area contributed by atoms with Gasteiger partial charge in [0.1, 0.15) is 6.54 Å². The Morgan fingerprint density at radius 1 is 1.64 bits per heavy atom. The Balaban J connectivity index is 0. The molecule has 66 valence electrons. The predicted molar refractivity (Wildman–Crippen MR) is 41.5 cm³/mol. The largest absolute Gasteiger partial charge is 0.480 e. The van der Waals surface area contributed by atoms with Gasteiger partial charge < -0.3 is 16.2 Å². The summed E-state index contributed by atoms with van der Waals surface area (Å²) in [6, 6.07) is -0.653. The Kier molecular flexibility index (Phi) is 6.92. The van der Waals surface area contributed by atoms with Gasteiger partial charge >= 0.3 is 5.97 Å². The first-order chi connectivity index (χ1) is 4.54. The van der Waals surface area contributed by atoms with Gasteiger partial charge in [-0.25, -0.2) is 0 Å². The third-order valence-corrected chi connectivity index (χ3v) is 0.827. The van der Waals surface area contributed by atoms with E-state index in [1.165, 1.54) is 6.92 Å². The van der Waals surface area contributed by atoms with Gasteiger partial charge in [0.25, 0.3) is 0 Å². The minimum Gasteiger partial charge on any atom is -0.480 e. The topological polar surface area (TPSA) is 92.4 Å². The highest BCUT2D eigenvalue weighted by Crippen LogP contribution is 1.73. The monoisotopic (exact) mass is 182 g/mol. The molecule has 0 bridgehead atoms. The van der Waals surface area contributed by atoms with Crippen molar-refractivity contribution in [1.29, 1.82) is 0 Å². The summed E-state index contributed by atoms with van der Waals surface area (Å²) in [6.45, 7) is 1.11. The van der Waals surface area contributed by atoms with Crippen LogP contribution in [0.25, 0.3) is 0 Å². The number of carboxylic acids is 1. The second-order valence-electron chi connectivity index (χ2n) is 1.90. The van der Waals surface area contributed by atoms with Crippen molar-refractivity contribution >= 4 is 24.3 Å². The van der Waals surface area contributed by atoms with E-state index in [9.17, 15) is 9.59 Å². The van der Waals surface area contributed by atoms with Crippen molar-refractivity contribution in [2.75, 3.05) is 6.54 Å². The number of nitrogens with one attached hydrogen (secondary N) is 1. The van der Waals surface area contributed by atoms with Crippen LogP contribution in [0.15, 0.2) is 0 Å².